The lowest BCUT2D eigenvalue weighted by Crippen LogP contribution is -2.38. The van der Waals surface area contributed by atoms with Crippen LogP contribution in [0.5, 0.6) is 0 Å². The highest BCUT2D eigenvalue weighted by Gasteiger charge is 2.35. The zero-order chi connectivity index (χ0) is 15.0. The van der Waals surface area contributed by atoms with Crippen molar-refractivity contribution < 1.29 is 14.7 Å². The van der Waals surface area contributed by atoms with E-state index in [1.807, 2.05) is 41.8 Å². The van der Waals surface area contributed by atoms with Crippen molar-refractivity contribution in [3.8, 4) is 0 Å². The average molecular weight is 286 g/mol. The van der Waals surface area contributed by atoms with Crippen molar-refractivity contribution in [2.75, 3.05) is 6.54 Å². The molecule has 0 radical (unpaired) electrons. The zero-order valence-electron chi connectivity index (χ0n) is 12.0. The van der Waals surface area contributed by atoms with E-state index >= 15 is 0 Å². The van der Waals surface area contributed by atoms with Gasteiger partial charge in [0.25, 0.3) is 5.91 Å². The molecule has 0 unspecified atom stereocenters. The molecule has 1 aliphatic carbocycles. The molecule has 1 aromatic heterocycles. The Labute approximate surface area is 122 Å². The van der Waals surface area contributed by atoms with E-state index in [2.05, 4.69) is 0 Å². The summed E-state index contributed by atoms with van der Waals surface area (Å²) < 4.78 is 1.95. The Balaban J connectivity index is 2.01. The largest absolute Gasteiger partial charge is 0.480 e. The number of nitrogens with zero attached hydrogens (tertiary/aromatic N) is 2. The van der Waals surface area contributed by atoms with Gasteiger partial charge >= 0.3 is 5.97 Å². The van der Waals surface area contributed by atoms with Gasteiger partial charge in [-0.25, -0.2) is 0 Å². The monoisotopic (exact) mass is 286 g/mol. The van der Waals surface area contributed by atoms with Crippen LogP contribution < -0.4 is 0 Å². The standard InChI is InChI=1S/C16H18N2O3/c1-2-17-13-6-4-3-5-11(13)9-14(17)16(21)18(10-15(19)20)12-7-8-12/h3-6,9,12H,2,7-8,10H2,1H3,(H,19,20). The lowest BCUT2D eigenvalue weighted by molar-refractivity contribution is -0.137. The fourth-order valence-electron chi connectivity index (χ4n) is 2.77. The number of carboxylic acids is 1. The van der Waals surface area contributed by atoms with E-state index in [1.54, 1.807) is 0 Å². The molecule has 0 aliphatic heterocycles. The molecule has 1 aliphatic rings. The van der Waals surface area contributed by atoms with Gasteiger partial charge in [0, 0.05) is 23.5 Å². The molecule has 2 aromatic rings. The van der Waals surface area contributed by atoms with Gasteiger partial charge in [0.1, 0.15) is 12.2 Å². The van der Waals surface area contributed by atoms with Gasteiger partial charge in [0.05, 0.1) is 0 Å². The molecule has 1 aromatic carbocycles. The van der Waals surface area contributed by atoms with Crippen LogP contribution in [0.25, 0.3) is 10.9 Å². The molecular formula is C16H18N2O3. The molecule has 0 saturated heterocycles. The lowest BCUT2D eigenvalue weighted by Gasteiger charge is -2.21. The molecule has 0 spiro atoms. The SMILES string of the molecule is CCn1c(C(=O)N(CC(=O)O)C2CC2)cc2ccccc21. The quantitative estimate of drug-likeness (QED) is 0.917. The van der Waals surface area contributed by atoms with Crippen LogP contribution >= 0.6 is 0 Å². The Kier molecular flexibility index (Phi) is 3.41. The van der Waals surface area contributed by atoms with E-state index in [9.17, 15) is 9.59 Å². The van der Waals surface area contributed by atoms with Crippen LogP contribution in [0.4, 0.5) is 0 Å². The number of aliphatic carboxylic acids is 1. The summed E-state index contributed by atoms with van der Waals surface area (Å²) in [4.78, 5) is 25.2. The molecule has 1 saturated carbocycles. The number of aromatic nitrogens is 1. The normalized spacial score (nSPS) is 14.3. The highest BCUT2D eigenvalue weighted by Crippen LogP contribution is 2.29. The molecule has 5 nitrogen and oxygen atoms in total. The molecule has 0 bridgehead atoms. The van der Waals surface area contributed by atoms with Crippen molar-refractivity contribution in [2.45, 2.75) is 32.4 Å². The molecule has 1 amide bonds. The summed E-state index contributed by atoms with van der Waals surface area (Å²) in [7, 11) is 0. The molecule has 3 rings (SSSR count). The minimum absolute atomic E-state index is 0.0805. The highest BCUT2D eigenvalue weighted by molar-refractivity contribution is 6.00. The number of hydrogen-bond acceptors (Lipinski definition) is 2. The fraction of sp³-hybridized carbons (Fsp3) is 0.375. The van der Waals surface area contributed by atoms with Gasteiger partial charge < -0.3 is 14.6 Å². The number of benzene rings is 1. The van der Waals surface area contributed by atoms with Crippen LogP contribution in [0.1, 0.15) is 30.3 Å². The van der Waals surface area contributed by atoms with Gasteiger partial charge in [0.2, 0.25) is 0 Å². The third-order valence-corrected chi connectivity index (χ3v) is 3.90. The topological polar surface area (TPSA) is 62.5 Å². The number of rotatable bonds is 5. The molecule has 0 atom stereocenters. The first kappa shape index (κ1) is 13.7. The maximum Gasteiger partial charge on any atom is 0.323 e. The van der Waals surface area contributed by atoms with Crippen LogP contribution in [0.15, 0.2) is 30.3 Å². The van der Waals surface area contributed by atoms with E-state index in [0.29, 0.717) is 12.2 Å². The number of para-hydroxylation sites is 1. The molecule has 110 valence electrons. The number of fused-ring (bicyclic) bond motifs is 1. The van der Waals surface area contributed by atoms with E-state index in [4.69, 9.17) is 5.11 Å². The predicted molar refractivity (Wildman–Crippen MR) is 79.3 cm³/mol. The Morgan fingerprint density at radius 1 is 1.33 bits per heavy atom. The maximum absolute atomic E-state index is 12.8. The maximum atomic E-state index is 12.8. The predicted octanol–water partition coefficient (Wildman–Crippen LogP) is 2.35. The molecule has 21 heavy (non-hydrogen) atoms. The van der Waals surface area contributed by atoms with Crippen molar-refractivity contribution in [3.05, 3.63) is 36.0 Å². The van der Waals surface area contributed by atoms with Crippen LogP contribution in [0.3, 0.4) is 0 Å². The summed E-state index contributed by atoms with van der Waals surface area (Å²) in [5, 5.41) is 10.0. The van der Waals surface area contributed by atoms with Gasteiger partial charge in [-0.3, -0.25) is 9.59 Å². The molecule has 1 heterocycles. The second kappa shape index (κ2) is 5.24. The van der Waals surface area contributed by atoms with Crippen molar-refractivity contribution in [3.63, 3.8) is 0 Å². The molecule has 5 heteroatoms. The first-order chi connectivity index (χ1) is 10.1. The van der Waals surface area contributed by atoms with Crippen molar-refractivity contribution in [1.29, 1.82) is 0 Å². The first-order valence-electron chi connectivity index (χ1n) is 7.23. The summed E-state index contributed by atoms with van der Waals surface area (Å²) in [5.74, 6) is -1.15. The van der Waals surface area contributed by atoms with E-state index in [0.717, 1.165) is 23.7 Å². The number of carboxylic acid groups (broad SMARTS) is 1. The smallest absolute Gasteiger partial charge is 0.323 e. The first-order valence-corrected chi connectivity index (χ1v) is 7.23. The fourth-order valence-corrected chi connectivity index (χ4v) is 2.77. The Hall–Kier alpha value is -2.30. The van der Waals surface area contributed by atoms with Gasteiger partial charge in [-0.15, -0.1) is 0 Å². The Morgan fingerprint density at radius 2 is 2.05 bits per heavy atom. The summed E-state index contributed by atoms with van der Waals surface area (Å²) in [6.07, 6.45) is 1.79. The minimum Gasteiger partial charge on any atom is -0.480 e. The average Bonchev–Trinajstić information content (AvgIpc) is 3.23. The van der Waals surface area contributed by atoms with Crippen LogP contribution in [0, 0.1) is 0 Å². The van der Waals surface area contributed by atoms with Crippen LogP contribution in [0.2, 0.25) is 0 Å². The summed E-state index contributed by atoms with van der Waals surface area (Å²) in [6, 6.07) is 9.77. The van der Waals surface area contributed by atoms with Gasteiger partial charge in [-0.05, 0) is 31.9 Å². The summed E-state index contributed by atoms with van der Waals surface area (Å²) in [5.41, 5.74) is 1.58. The highest BCUT2D eigenvalue weighted by atomic mass is 16.4. The molecule has 1 fully saturated rings. The second-order valence-electron chi connectivity index (χ2n) is 5.39. The van der Waals surface area contributed by atoms with Crippen molar-refractivity contribution in [1.82, 2.24) is 9.47 Å². The summed E-state index contributed by atoms with van der Waals surface area (Å²) in [6.45, 7) is 2.44. The minimum atomic E-state index is -0.964. The summed E-state index contributed by atoms with van der Waals surface area (Å²) >= 11 is 0. The number of carbonyl (C=O) groups excluding carboxylic acids is 1. The third kappa shape index (κ3) is 2.51. The Bertz CT molecular complexity index is 701. The Morgan fingerprint density at radius 3 is 2.67 bits per heavy atom. The van der Waals surface area contributed by atoms with Crippen LogP contribution in [-0.4, -0.2) is 39.0 Å². The molecular weight excluding hydrogens is 268 g/mol. The van der Waals surface area contributed by atoms with Crippen molar-refractivity contribution >= 4 is 22.8 Å². The third-order valence-electron chi connectivity index (χ3n) is 3.90. The zero-order valence-corrected chi connectivity index (χ0v) is 12.0. The molecule has 1 N–H and O–H groups in total. The van der Waals surface area contributed by atoms with Gasteiger partial charge in [-0.1, -0.05) is 18.2 Å². The van der Waals surface area contributed by atoms with E-state index in [-0.39, 0.29) is 18.5 Å². The second-order valence-corrected chi connectivity index (χ2v) is 5.39. The van der Waals surface area contributed by atoms with Crippen molar-refractivity contribution in [2.24, 2.45) is 0 Å². The number of aryl methyl sites for hydroxylation is 1. The lowest BCUT2D eigenvalue weighted by atomic mass is 10.2. The van der Waals surface area contributed by atoms with Gasteiger partial charge in [0.15, 0.2) is 0 Å². The van der Waals surface area contributed by atoms with E-state index < -0.39 is 5.97 Å². The van der Waals surface area contributed by atoms with Gasteiger partial charge in [-0.2, -0.15) is 0 Å². The van der Waals surface area contributed by atoms with E-state index in [1.165, 1.54) is 4.90 Å². The number of hydrogen-bond donors (Lipinski definition) is 1. The number of amides is 1. The van der Waals surface area contributed by atoms with Crippen LogP contribution in [-0.2, 0) is 11.3 Å². The number of carbonyl (C=O) groups is 2.